The van der Waals surface area contributed by atoms with Gasteiger partial charge in [-0.15, -0.1) is 5.10 Å². The fourth-order valence-electron chi connectivity index (χ4n) is 1.72. The van der Waals surface area contributed by atoms with E-state index in [4.69, 9.17) is 4.74 Å². The van der Waals surface area contributed by atoms with Crippen molar-refractivity contribution in [1.82, 2.24) is 20.5 Å². The summed E-state index contributed by atoms with van der Waals surface area (Å²) in [6.45, 7) is 0.127. The quantitative estimate of drug-likeness (QED) is 0.774. The molecule has 0 bridgehead atoms. The number of alkyl halides is 3. The van der Waals surface area contributed by atoms with Gasteiger partial charge >= 0.3 is 6.18 Å². The van der Waals surface area contributed by atoms with E-state index >= 15 is 0 Å². The molecule has 130 valence electrons. The van der Waals surface area contributed by atoms with Crippen LogP contribution in [-0.4, -0.2) is 46.2 Å². The lowest BCUT2D eigenvalue weighted by atomic mass is 10.2. The molecule has 1 atom stereocenters. The molecule has 6 nitrogen and oxygen atoms in total. The minimum atomic E-state index is -4.44. The zero-order valence-corrected chi connectivity index (χ0v) is 13.7. The van der Waals surface area contributed by atoms with Crippen LogP contribution in [0.5, 0.6) is 5.75 Å². The van der Waals surface area contributed by atoms with E-state index in [9.17, 15) is 18.0 Å². The molecule has 2 rings (SSSR count). The number of ether oxygens (including phenoxy) is 1. The van der Waals surface area contributed by atoms with Crippen LogP contribution in [0.25, 0.3) is 11.4 Å². The van der Waals surface area contributed by atoms with Gasteiger partial charge in [-0.05, 0) is 31.2 Å². The first-order valence-electron chi connectivity index (χ1n) is 6.86. The molecule has 0 fully saturated rings. The number of hydrogen-bond donors (Lipinski definition) is 2. The second-order valence-corrected chi connectivity index (χ2v) is 6.10. The first kappa shape index (κ1) is 18.1. The molecule has 2 aromatic rings. The zero-order chi connectivity index (χ0) is 17.7. The van der Waals surface area contributed by atoms with Crippen molar-refractivity contribution in [3.63, 3.8) is 0 Å². The van der Waals surface area contributed by atoms with E-state index in [1.165, 1.54) is 6.92 Å². The highest BCUT2D eigenvalue weighted by atomic mass is 32.2. The van der Waals surface area contributed by atoms with Gasteiger partial charge in [-0.2, -0.15) is 13.2 Å². The summed E-state index contributed by atoms with van der Waals surface area (Å²) in [4.78, 5) is 15.9. The molecule has 1 aromatic heterocycles. The number of hydrogen-bond acceptors (Lipinski definition) is 5. The predicted molar refractivity (Wildman–Crippen MR) is 82.8 cm³/mol. The Balaban J connectivity index is 1.96. The van der Waals surface area contributed by atoms with Gasteiger partial charge in [0, 0.05) is 5.56 Å². The van der Waals surface area contributed by atoms with E-state index in [1.807, 2.05) is 5.32 Å². The molecule has 0 aliphatic rings. The zero-order valence-electron chi connectivity index (χ0n) is 12.8. The Morgan fingerprint density at radius 3 is 2.62 bits per heavy atom. The Morgan fingerprint density at radius 2 is 2.04 bits per heavy atom. The van der Waals surface area contributed by atoms with Crippen LogP contribution < -0.4 is 10.1 Å². The summed E-state index contributed by atoms with van der Waals surface area (Å²) < 4.78 is 41.3. The molecule has 24 heavy (non-hydrogen) atoms. The monoisotopic (exact) mass is 360 g/mol. The topological polar surface area (TPSA) is 79.9 Å². The molecule has 0 saturated carbocycles. The maximum atomic E-state index is 12.1. The molecule has 2 N–H and O–H groups in total. The number of carbonyl (C=O) groups is 1. The van der Waals surface area contributed by atoms with Crippen molar-refractivity contribution in [2.75, 3.05) is 13.7 Å². The van der Waals surface area contributed by atoms with Crippen molar-refractivity contribution in [3.05, 3.63) is 24.3 Å². The summed E-state index contributed by atoms with van der Waals surface area (Å²) in [5.74, 6) is 0.457. The molecule has 0 aliphatic heterocycles. The average Bonchev–Trinajstić information content (AvgIpc) is 3.00. The molecule has 1 aromatic carbocycles. The molecule has 0 aliphatic carbocycles. The van der Waals surface area contributed by atoms with E-state index in [1.54, 1.807) is 31.4 Å². The van der Waals surface area contributed by atoms with Gasteiger partial charge in [-0.3, -0.25) is 9.89 Å². The van der Waals surface area contributed by atoms with Gasteiger partial charge in [0.05, 0.1) is 12.4 Å². The van der Waals surface area contributed by atoms with Crippen molar-refractivity contribution in [2.24, 2.45) is 0 Å². The number of amides is 1. The van der Waals surface area contributed by atoms with Crippen molar-refractivity contribution < 1.29 is 22.7 Å². The highest BCUT2D eigenvalue weighted by molar-refractivity contribution is 8.00. The van der Waals surface area contributed by atoms with E-state index in [2.05, 4.69) is 15.2 Å². The Bertz CT molecular complexity index is 688. The molecular formula is C14H15F3N4O2S. The highest BCUT2D eigenvalue weighted by Crippen LogP contribution is 2.24. The van der Waals surface area contributed by atoms with Crippen molar-refractivity contribution in [2.45, 2.75) is 23.5 Å². The highest BCUT2D eigenvalue weighted by Gasteiger charge is 2.29. The number of H-pyrrole nitrogens is 1. The first-order valence-corrected chi connectivity index (χ1v) is 7.74. The summed E-state index contributed by atoms with van der Waals surface area (Å²) in [6, 6.07) is 7.09. The third-order valence-electron chi connectivity index (χ3n) is 2.94. The van der Waals surface area contributed by atoms with Crippen LogP contribution in [0.3, 0.4) is 0 Å². The summed E-state index contributed by atoms with van der Waals surface area (Å²) in [6.07, 6.45) is -4.44. The summed E-state index contributed by atoms with van der Waals surface area (Å²) >= 11 is 0.968. The van der Waals surface area contributed by atoms with Crippen molar-refractivity contribution in [1.29, 1.82) is 0 Å². The van der Waals surface area contributed by atoms with E-state index in [-0.39, 0.29) is 5.16 Å². The molecule has 1 unspecified atom stereocenters. The maximum Gasteiger partial charge on any atom is 0.405 e. The molecule has 0 spiro atoms. The van der Waals surface area contributed by atoms with Crippen LogP contribution in [0, 0.1) is 0 Å². The number of carbonyl (C=O) groups excluding carboxylic acids is 1. The van der Waals surface area contributed by atoms with Gasteiger partial charge in [-0.1, -0.05) is 11.8 Å². The SMILES string of the molecule is COc1ccc(-c2nc(SC(C)C(=O)NCC(F)(F)F)n[nH]2)cc1. The number of methoxy groups -OCH3 is 1. The minimum Gasteiger partial charge on any atom is -0.497 e. The van der Waals surface area contributed by atoms with E-state index in [0.29, 0.717) is 11.6 Å². The lowest BCUT2D eigenvalue weighted by Crippen LogP contribution is -2.38. The van der Waals surface area contributed by atoms with E-state index < -0.39 is 23.9 Å². The van der Waals surface area contributed by atoms with Crippen LogP contribution in [0.15, 0.2) is 29.4 Å². The van der Waals surface area contributed by atoms with Crippen LogP contribution in [-0.2, 0) is 4.79 Å². The van der Waals surface area contributed by atoms with Crippen LogP contribution in [0.1, 0.15) is 6.92 Å². The number of thioether (sulfide) groups is 1. The lowest BCUT2D eigenvalue weighted by molar-refractivity contribution is -0.137. The third kappa shape index (κ3) is 5.15. The average molecular weight is 360 g/mol. The minimum absolute atomic E-state index is 0.274. The lowest BCUT2D eigenvalue weighted by Gasteiger charge is -2.11. The van der Waals surface area contributed by atoms with E-state index in [0.717, 1.165) is 17.3 Å². The largest absolute Gasteiger partial charge is 0.497 e. The molecule has 0 saturated heterocycles. The number of benzene rings is 1. The standard InChI is InChI=1S/C14H15F3N4O2S/c1-8(12(22)18-7-14(15,16)17)24-13-19-11(20-21-13)9-3-5-10(23-2)6-4-9/h3-6,8H,7H2,1-2H3,(H,18,22)(H,19,20,21). The van der Waals surface area contributed by atoms with Gasteiger partial charge in [0.1, 0.15) is 12.3 Å². The summed E-state index contributed by atoms with van der Waals surface area (Å²) in [5, 5.41) is 8.03. The molecule has 10 heteroatoms. The number of nitrogens with one attached hydrogen (secondary N) is 2. The van der Waals surface area contributed by atoms with Gasteiger partial charge in [0.2, 0.25) is 11.1 Å². The Labute approximate surface area is 140 Å². The molecule has 1 heterocycles. The van der Waals surface area contributed by atoms with Gasteiger partial charge in [0.25, 0.3) is 0 Å². The fraction of sp³-hybridized carbons (Fsp3) is 0.357. The normalized spacial score (nSPS) is 12.7. The predicted octanol–water partition coefficient (Wildman–Crippen LogP) is 2.64. The Morgan fingerprint density at radius 1 is 1.38 bits per heavy atom. The first-order chi connectivity index (χ1) is 11.3. The van der Waals surface area contributed by atoms with Crippen molar-refractivity contribution in [3.8, 4) is 17.1 Å². The molecular weight excluding hydrogens is 345 g/mol. The van der Waals surface area contributed by atoms with Crippen molar-refractivity contribution >= 4 is 17.7 Å². The Hall–Kier alpha value is -2.23. The smallest absolute Gasteiger partial charge is 0.405 e. The second-order valence-electron chi connectivity index (χ2n) is 4.79. The number of nitrogens with zero attached hydrogens (tertiary/aromatic N) is 2. The number of halogens is 3. The number of aromatic amines is 1. The number of aromatic nitrogens is 3. The van der Waals surface area contributed by atoms with Crippen LogP contribution in [0.4, 0.5) is 13.2 Å². The third-order valence-corrected chi connectivity index (χ3v) is 3.90. The molecule has 1 amide bonds. The van der Waals surface area contributed by atoms with Gasteiger partial charge < -0.3 is 10.1 Å². The summed E-state index contributed by atoms with van der Waals surface area (Å²) in [7, 11) is 1.56. The maximum absolute atomic E-state index is 12.1. The van der Waals surface area contributed by atoms with Gasteiger partial charge in [0.15, 0.2) is 5.82 Å². The van der Waals surface area contributed by atoms with Gasteiger partial charge in [-0.25, -0.2) is 4.98 Å². The summed E-state index contributed by atoms with van der Waals surface area (Å²) in [5.41, 5.74) is 0.768. The molecule has 0 radical (unpaired) electrons. The number of rotatable bonds is 6. The fourth-order valence-corrected chi connectivity index (χ4v) is 2.47. The Kier molecular flexibility index (Phi) is 5.71. The van der Waals surface area contributed by atoms with Crippen LogP contribution in [0.2, 0.25) is 0 Å². The van der Waals surface area contributed by atoms with Crippen LogP contribution >= 0.6 is 11.8 Å². The second kappa shape index (κ2) is 7.56.